The van der Waals surface area contributed by atoms with E-state index in [4.69, 9.17) is 0 Å². The van der Waals surface area contributed by atoms with Crippen LogP contribution in [0.5, 0.6) is 0 Å². The number of hydrogen-bond donors (Lipinski definition) is 1. The van der Waals surface area contributed by atoms with Crippen LogP contribution in [0.15, 0.2) is 66.9 Å². The van der Waals surface area contributed by atoms with Crippen molar-refractivity contribution in [1.82, 2.24) is 4.57 Å². The zero-order valence-electron chi connectivity index (χ0n) is 12.6. The monoisotopic (exact) mass is 305 g/mol. The lowest BCUT2D eigenvalue weighted by molar-refractivity contribution is 0.0693. The molecule has 4 nitrogen and oxygen atoms in total. The summed E-state index contributed by atoms with van der Waals surface area (Å²) in [6.07, 6.45) is 1.60. The summed E-state index contributed by atoms with van der Waals surface area (Å²) in [6.45, 7) is 1.38. The molecule has 114 valence electrons. The normalized spacial score (nSPS) is 10.5. The summed E-state index contributed by atoms with van der Waals surface area (Å²) < 4.78 is 1.76. The molecule has 0 bridgehead atoms. The first kappa shape index (κ1) is 14.8. The maximum Gasteiger partial charge on any atom is 0.338 e. The quantitative estimate of drug-likeness (QED) is 0.740. The van der Waals surface area contributed by atoms with E-state index >= 15 is 0 Å². The minimum atomic E-state index is -1.11. The molecule has 23 heavy (non-hydrogen) atoms. The van der Waals surface area contributed by atoms with Gasteiger partial charge in [-0.2, -0.15) is 0 Å². The molecule has 0 amide bonds. The first-order valence-electron chi connectivity index (χ1n) is 7.20. The number of aromatic carboxylic acids is 1. The third-order valence-electron chi connectivity index (χ3n) is 3.68. The van der Waals surface area contributed by atoms with Gasteiger partial charge in [-0.05, 0) is 24.6 Å². The van der Waals surface area contributed by atoms with E-state index in [1.54, 1.807) is 10.8 Å². The molecule has 0 saturated heterocycles. The molecule has 0 fully saturated rings. The second-order valence-electron chi connectivity index (χ2n) is 5.20. The molecule has 2 aromatic carbocycles. The van der Waals surface area contributed by atoms with Gasteiger partial charge in [0.1, 0.15) is 0 Å². The van der Waals surface area contributed by atoms with Crippen molar-refractivity contribution in [1.29, 1.82) is 0 Å². The lowest BCUT2D eigenvalue weighted by Gasteiger charge is -2.10. The van der Waals surface area contributed by atoms with Gasteiger partial charge >= 0.3 is 5.97 Å². The van der Waals surface area contributed by atoms with Crippen molar-refractivity contribution in [2.24, 2.45) is 0 Å². The lowest BCUT2D eigenvalue weighted by atomic mass is 10.0. The van der Waals surface area contributed by atoms with Crippen LogP contribution in [-0.4, -0.2) is 21.4 Å². The Morgan fingerprint density at radius 2 is 1.48 bits per heavy atom. The summed E-state index contributed by atoms with van der Waals surface area (Å²) in [5.41, 5.74) is 2.31. The molecular formula is C19H15NO3. The van der Waals surface area contributed by atoms with Crippen LogP contribution < -0.4 is 0 Å². The van der Waals surface area contributed by atoms with Crippen LogP contribution in [0.4, 0.5) is 0 Å². The van der Waals surface area contributed by atoms with E-state index in [1.165, 1.54) is 6.92 Å². The molecule has 0 aliphatic rings. The Kier molecular flexibility index (Phi) is 3.81. The van der Waals surface area contributed by atoms with Crippen molar-refractivity contribution in [3.05, 3.63) is 78.0 Å². The highest BCUT2D eigenvalue weighted by atomic mass is 16.4. The fourth-order valence-corrected chi connectivity index (χ4v) is 2.66. The number of hydrogen-bond acceptors (Lipinski definition) is 2. The van der Waals surface area contributed by atoms with Crippen LogP contribution in [0.3, 0.4) is 0 Å². The maximum absolute atomic E-state index is 11.9. The molecule has 1 aromatic heterocycles. The van der Waals surface area contributed by atoms with Gasteiger partial charge in [-0.3, -0.25) is 4.79 Å². The molecule has 0 atom stereocenters. The highest BCUT2D eigenvalue weighted by molar-refractivity contribution is 6.09. The van der Waals surface area contributed by atoms with Crippen LogP contribution >= 0.6 is 0 Å². The molecule has 0 spiro atoms. The van der Waals surface area contributed by atoms with Gasteiger partial charge in [-0.1, -0.05) is 48.5 Å². The molecule has 1 N–H and O–H groups in total. The third kappa shape index (κ3) is 2.66. The Morgan fingerprint density at radius 1 is 0.913 bits per heavy atom. The minimum Gasteiger partial charge on any atom is -0.478 e. The topological polar surface area (TPSA) is 59.3 Å². The zero-order valence-corrected chi connectivity index (χ0v) is 12.6. The smallest absolute Gasteiger partial charge is 0.338 e. The van der Waals surface area contributed by atoms with Gasteiger partial charge in [0.15, 0.2) is 5.78 Å². The second-order valence-corrected chi connectivity index (χ2v) is 5.20. The number of carboxylic acids is 1. The van der Waals surface area contributed by atoms with E-state index in [0.717, 1.165) is 11.3 Å². The third-order valence-corrected chi connectivity index (χ3v) is 3.68. The van der Waals surface area contributed by atoms with E-state index in [9.17, 15) is 14.7 Å². The standard InChI is InChI=1S/C19H15NO3/c1-13(21)16-12-20(15-10-6-3-7-11-15)18(17(16)19(22)23)14-8-4-2-5-9-14/h2-12H,1H3,(H,22,23). The number of ketones is 1. The van der Waals surface area contributed by atoms with Crippen LogP contribution in [0.2, 0.25) is 0 Å². The molecule has 1 heterocycles. The van der Waals surface area contributed by atoms with Gasteiger partial charge in [-0.15, -0.1) is 0 Å². The second kappa shape index (κ2) is 5.93. The van der Waals surface area contributed by atoms with Gasteiger partial charge in [0.05, 0.1) is 16.8 Å². The van der Waals surface area contributed by atoms with Gasteiger partial charge in [0.2, 0.25) is 0 Å². The number of carboxylic acid groups (broad SMARTS) is 1. The molecule has 3 rings (SSSR count). The van der Waals surface area contributed by atoms with E-state index in [2.05, 4.69) is 0 Å². The average Bonchev–Trinajstić information content (AvgIpc) is 2.97. The number of nitrogens with zero attached hydrogens (tertiary/aromatic N) is 1. The van der Waals surface area contributed by atoms with Crippen molar-refractivity contribution in [3.63, 3.8) is 0 Å². The van der Waals surface area contributed by atoms with Crippen LogP contribution in [0.1, 0.15) is 27.6 Å². The number of benzene rings is 2. The summed E-state index contributed by atoms with van der Waals surface area (Å²) in [5.74, 6) is -1.38. The molecule has 0 unspecified atom stereocenters. The Labute approximate surface area is 133 Å². The Hall–Kier alpha value is -3.14. The van der Waals surface area contributed by atoms with Crippen molar-refractivity contribution in [2.75, 3.05) is 0 Å². The summed E-state index contributed by atoms with van der Waals surface area (Å²) in [6, 6.07) is 18.6. The molecule has 4 heteroatoms. The summed E-state index contributed by atoms with van der Waals surface area (Å²) >= 11 is 0. The van der Waals surface area contributed by atoms with Crippen LogP contribution in [0.25, 0.3) is 16.9 Å². The largest absolute Gasteiger partial charge is 0.478 e. The van der Waals surface area contributed by atoms with Crippen molar-refractivity contribution < 1.29 is 14.7 Å². The first-order chi connectivity index (χ1) is 11.1. The van der Waals surface area contributed by atoms with Crippen LogP contribution in [-0.2, 0) is 0 Å². The van der Waals surface area contributed by atoms with Crippen molar-refractivity contribution >= 4 is 11.8 Å². The van der Waals surface area contributed by atoms with E-state index in [-0.39, 0.29) is 16.9 Å². The summed E-state index contributed by atoms with van der Waals surface area (Å²) in [5, 5.41) is 9.65. The van der Waals surface area contributed by atoms with Gasteiger partial charge in [-0.25, -0.2) is 4.79 Å². The minimum absolute atomic E-state index is 0.0348. The van der Waals surface area contributed by atoms with E-state index < -0.39 is 5.97 Å². The number of para-hydroxylation sites is 1. The van der Waals surface area contributed by atoms with Crippen molar-refractivity contribution in [2.45, 2.75) is 6.92 Å². The summed E-state index contributed by atoms with van der Waals surface area (Å²) in [7, 11) is 0. The molecule has 0 aliphatic heterocycles. The zero-order chi connectivity index (χ0) is 16.4. The SMILES string of the molecule is CC(=O)c1cn(-c2ccccc2)c(-c2ccccc2)c1C(=O)O. The van der Waals surface area contributed by atoms with Gasteiger partial charge in [0, 0.05) is 11.9 Å². The molecule has 3 aromatic rings. The fraction of sp³-hybridized carbons (Fsp3) is 0.0526. The number of Topliss-reactive ketones (excluding diaryl/α,β-unsaturated/α-hetero) is 1. The van der Waals surface area contributed by atoms with E-state index in [1.807, 2.05) is 60.7 Å². The number of carbonyl (C=O) groups is 2. The Balaban J connectivity index is 2.38. The molecular weight excluding hydrogens is 290 g/mol. The lowest BCUT2D eigenvalue weighted by Crippen LogP contribution is -2.05. The summed E-state index contributed by atoms with van der Waals surface area (Å²) in [4.78, 5) is 23.7. The molecule has 0 radical (unpaired) electrons. The maximum atomic E-state index is 11.9. The van der Waals surface area contributed by atoms with Gasteiger partial charge in [0.25, 0.3) is 0 Å². The first-order valence-corrected chi connectivity index (χ1v) is 7.20. The molecule has 0 aliphatic carbocycles. The number of carbonyl (C=O) groups excluding carboxylic acids is 1. The van der Waals surface area contributed by atoms with Gasteiger partial charge < -0.3 is 9.67 Å². The van der Waals surface area contributed by atoms with Crippen molar-refractivity contribution in [3.8, 4) is 16.9 Å². The van der Waals surface area contributed by atoms with Crippen LogP contribution in [0, 0.1) is 0 Å². The predicted molar refractivity (Wildman–Crippen MR) is 88.2 cm³/mol. The van der Waals surface area contributed by atoms with E-state index in [0.29, 0.717) is 5.69 Å². The average molecular weight is 305 g/mol. The predicted octanol–water partition coefficient (Wildman–Crippen LogP) is 4.05. The Morgan fingerprint density at radius 3 is 2.00 bits per heavy atom. The molecule has 0 saturated carbocycles. The number of rotatable bonds is 4. The fourth-order valence-electron chi connectivity index (χ4n) is 2.66. The Bertz CT molecular complexity index is 864. The highest BCUT2D eigenvalue weighted by Crippen LogP contribution is 2.31. The highest BCUT2D eigenvalue weighted by Gasteiger charge is 2.25. The number of aromatic nitrogens is 1.